The van der Waals surface area contributed by atoms with Crippen molar-refractivity contribution < 1.29 is 42.7 Å². The Morgan fingerprint density at radius 3 is 1.70 bits per heavy atom. The molecular formula is C44H79O9P. The van der Waals surface area contributed by atoms with Crippen LogP contribution in [0, 0.1) is 5.92 Å². The van der Waals surface area contributed by atoms with Crippen LogP contribution in [0.4, 0.5) is 0 Å². The smallest absolute Gasteiger partial charge is 0.462 e. The van der Waals surface area contributed by atoms with Gasteiger partial charge in [0.2, 0.25) is 0 Å². The number of rotatable bonds is 38. The maximum atomic E-state index is 12.4. The molecule has 1 aliphatic heterocycles. The fourth-order valence-corrected chi connectivity index (χ4v) is 6.72. The molecule has 1 fully saturated rings. The monoisotopic (exact) mass is 783 g/mol. The van der Waals surface area contributed by atoms with E-state index < -0.39 is 32.5 Å². The molecule has 0 aromatic heterocycles. The molecule has 1 saturated heterocycles. The summed E-state index contributed by atoms with van der Waals surface area (Å²) in [5.74, 6) is -0.119. The summed E-state index contributed by atoms with van der Waals surface area (Å²) in [7, 11) is -4.78. The Morgan fingerprint density at radius 1 is 0.630 bits per heavy atom. The number of allylic oxidation sites excluding steroid dienone is 4. The molecule has 9 nitrogen and oxygen atoms in total. The van der Waals surface area contributed by atoms with Gasteiger partial charge >= 0.3 is 19.8 Å². The standard InChI is InChI=1S/C44H79O9P/c1-4-5-6-7-8-16-20-23-28-33-41-42(53-41)34-29-25-26-31-36-44(46)52-40(38-51-54(47,48)49)37-50-43(45)35-30-24-21-18-15-13-11-9-10-12-14-17-19-22-27-32-39(2)3/h8,16,23,25,28-29,39-42H,4-7,9-15,17-22,24,26-27,30-38H2,1-3H3,(H2,47,48,49)/b16-8-,28-23-,29-25-/t40-,41?,42?/m1/s1. The quantitative estimate of drug-likeness (QED) is 0.0206. The molecule has 54 heavy (non-hydrogen) atoms. The van der Waals surface area contributed by atoms with Crippen LogP contribution in [0.3, 0.4) is 0 Å². The Kier molecular flexibility index (Phi) is 32.1. The van der Waals surface area contributed by atoms with Gasteiger partial charge in [-0.15, -0.1) is 0 Å². The number of hydrogen-bond donors (Lipinski definition) is 2. The highest BCUT2D eigenvalue weighted by atomic mass is 31.2. The van der Waals surface area contributed by atoms with Gasteiger partial charge in [-0.2, -0.15) is 0 Å². The van der Waals surface area contributed by atoms with Crippen molar-refractivity contribution in [2.45, 2.75) is 212 Å². The highest BCUT2D eigenvalue weighted by molar-refractivity contribution is 7.46. The third-order valence-electron chi connectivity index (χ3n) is 9.74. The number of unbranched alkanes of at least 4 members (excludes halogenated alkanes) is 18. The predicted molar refractivity (Wildman–Crippen MR) is 220 cm³/mol. The molecule has 0 amide bonds. The second-order valence-electron chi connectivity index (χ2n) is 15.5. The zero-order valence-electron chi connectivity index (χ0n) is 34.5. The Labute approximate surface area is 329 Å². The minimum Gasteiger partial charge on any atom is -0.462 e. The topological polar surface area (TPSA) is 132 Å². The van der Waals surface area contributed by atoms with Crippen LogP contribution in [0.5, 0.6) is 0 Å². The van der Waals surface area contributed by atoms with Gasteiger partial charge in [-0.1, -0.05) is 166 Å². The van der Waals surface area contributed by atoms with Crippen LogP contribution >= 0.6 is 7.82 Å². The van der Waals surface area contributed by atoms with E-state index in [1.165, 1.54) is 103 Å². The molecule has 2 N–H and O–H groups in total. The van der Waals surface area contributed by atoms with E-state index in [0.29, 0.717) is 12.8 Å². The molecule has 3 atom stereocenters. The van der Waals surface area contributed by atoms with Crippen LogP contribution in [-0.4, -0.2) is 53.3 Å². The molecule has 1 heterocycles. The summed E-state index contributed by atoms with van der Waals surface area (Å²) in [6.07, 6.45) is 41.8. The number of phosphoric acid groups is 1. The number of phosphoric ester groups is 1. The fourth-order valence-electron chi connectivity index (χ4n) is 6.36. The summed E-state index contributed by atoms with van der Waals surface area (Å²) < 4.78 is 32.1. The van der Waals surface area contributed by atoms with Crippen molar-refractivity contribution in [2.75, 3.05) is 13.2 Å². The lowest BCUT2D eigenvalue weighted by Crippen LogP contribution is -2.29. The molecule has 10 heteroatoms. The van der Waals surface area contributed by atoms with E-state index in [4.69, 9.17) is 24.0 Å². The predicted octanol–water partition coefficient (Wildman–Crippen LogP) is 12.2. The molecular weight excluding hydrogens is 703 g/mol. The Morgan fingerprint density at radius 2 is 1.13 bits per heavy atom. The van der Waals surface area contributed by atoms with Gasteiger partial charge in [0, 0.05) is 12.8 Å². The van der Waals surface area contributed by atoms with E-state index in [1.54, 1.807) is 0 Å². The first-order valence-electron chi connectivity index (χ1n) is 21.8. The molecule has 0 aliphatic carbocycles. The lowest BCUT2D eigenvalue weighted by Gasteiger charge is -2.18. The molecule has 1 aliphatic rings. The highest BCUT2D eigenvalue weighted by Gasteiger charge is 2.36. The number of ether oxygens (including phenoxy) is 3. The van der Waals surface area contributed by atoms with E-state index in [9.17, 15) is 14.2 Å². The summed E-state index contributed by atoms with van der Waals surface area (Å²) in [4.78, 5) is 42.9. The molecule has 0 spiro atoms. The second kappa shape index (κ2) is 34.5. The van der Waals surface area contributed by atoms with Crippen LogP contribution in [0.15, 0.2) is 36.5 Å². The largest absolute Gasteiger partial charge is 0.469 e. The Hall–Kier alpha value is -1.77. The molecule has 1 rings (SSSR count). The maximum absolute atomic E-state index is 12.4. The summed E-state index contributed by atoms with van der Waals surface area (Å²) in [5, 5.41) is 0. The zero-order valence-corrected chi connectivity index (χ0v) is 35.4. The molecule has 0 aromatic rings. The van der Waals surface area contributed by atoms with Crippen molar-refractivity contribution in [3.05, 3.63) is 36.5 Å². The molecule has 314 valence electrons. The van der Waals surface area contributed by atoms with E-state index in [2.05, 4.69) is 55.7 Å². The molecule has 2 unspecified atom stereocenters. The number of carbonyl (C=O) groups excluding carboxylic acids is 2. The van der Waals surface area contributed by atoms with Gasteiger partial charge in [-0.25, -0.2) is 4.57 Å². The van der Waals surface area contributed by atoms with Crippen LogP contribution in [0.2, 0.25) is 0 Å². The number of hydrogen-bond acceptors (Lipinski definition) is 7. The van der Waals surface area contributed by atoms with Crippen LogP contribution in [0.1, 0.15) is 194 Å². The van der Waals surface area contributed by atoms with Gasteiger partial charge in [-0.05, 0) is 57.3 Å². The normalized spacial score (nSPS) is 16.6. The van der Waals surface area contributed by atoms with Crippen molar-refractivity contribution in [1.82, 2.24) is 0 Å². The van der Waals surface area contributed by atoms with E-state index >= 15 is 0 Å². The summed E-state index contributed by atoms with van der Waals surface area (Å²) >= 11 is 0. The van der Waals surface area contributed by atoms with Crippen molar-refractivity contribution in [3.8, 4) is 0 Å². The van der Waals surface area contributed by atoms with Crippen molar-refractivity contribution in [3.63, 3.8) is 0 Å². The molecule has 0 radical (unpaired) electrons. The van der Waals surface area contributed by atoms with Gasteiger partial charge in [0.05, 0.1) is 18.8 Å². The van der Waals surface area contributed by atoms with Gasteiger partial charge in [0.15, 0.2) is 6.10 Å². The fraction of sp³-hybridized carbons (Fsp3) is 0.818. The first kappa shape index (κ1) is 50.2. The number of esters is 2. The van der Waals surface area contributed by atoms with Crippen molar-refractivity contribution in [2.24, 2.45) is 5.92 Å². The van der Waals surface area contributed by atoms with Gasteiger partial charge in [0.1, 0.15) is 6.61 Å². The zero-order chi connectivity index (χ0) is 39.5. The minimum atomic E-state index is -4.78. The van der Waals surface area contributed by atoms with E-state index in [1.807, 2.05) is 6.08 Å². The van der Waals surface area contributed by atoms with Crippen molar-refractivity contribution >= 4 is 19.8 Å². The second-order valence-corrected chi connectivity index (χ2v) is 16.8. The van der Waals surface area contributed by atoms with Gasteiger partial charge in [0.25, 0.3) is 0 Å². The Bertz CT molecular complexity index is 1050. The van der Waals surface area contributed by atoms with Crippen LogP contribution < -0.4 is 0 Å². The molecule has 0 saturated carbocycles. The average molecular weight is 783 g/mol. The van der Waals surface area contributed by atoms with Crippen LogP contribution in [0.25, 0.3) is 0 Å². The first-order valence-corrected chi connectivity index (χ1v) is 23.3. The average Bonchev–Trinajstić information content (AvgIpc) is 3.88. The number of epoxide rings is 1. The van der Waals surface area contributed by atoms with E-state index in [-0.39, 0.29) is 31.7 Å². The minimum absolute atomic E-state index is 0.129. The number of carbonyl (C=O) groups is 2. The third kappa shape index (κ3) is 34.7. The Balaban J connectivity index is 2.09. The van der Waals surface area contributed by atoms with Crippen molar-refractivity contribution in [1.29, 1.82) is 0 Å². The van der Waals surface area contributed by atoms with Crippen LogP contribution in [-0.2, 0) is 32.9 Å². The first-order chi connectivity index (χ1) is 26.1. The SMILES string of the molecule is CCCCC/C=C\C/C=C\CC1OC1C/C=C\CCCC(=O)O[C@H](COC(=O)CCCCCCCCCCCCCCCCCC(C)C)COP(=O)(O)O. The molecule has 0 aromatic carbocycles. The summed E-state index contributed by atoms with van der Waals surface area (Å²) in [6, 6.07) is 0. The maximum Gasteiger partial charge on any atom is 0.469 e. The van der Waals surface area contributed by atoms with Gasteiger partial charge < -0.3 is 24.0 Å². The summed E-state index contributed by atoms with van der Waals surface area (Å²) in [6.45, 7) is 5.96. The third-order valence-corrected chi connectivity index (χ3v) is 10.2. The lowest BCUT2D eigenvalue weighted by atomic mass is 10.0. The molecule has 0 bridgehead atoms. The highest BCUT2D eigenvalue weighted by Crippen LogP contribution is 2.36. The van der Waals surface area contributed by atoms with Gasteiger partial charge in [-0.3, -0.25) is 14.1 Å². The summed E-state index contributed by atoms with van der Waals surface area (Å²) in [5.41, 5.74) is 0. The lowest BCUT2D eigenvalue weighted by molar-refractivity contribution is -0.161. The van der Waals surface area contributed by atoms with E-state index in [0.717, 1.165) is 50.9 Å².